The molecule has 0 radical (unpaired) electrons. The van der Waals surface area contributed by atoms with Crippen molar-refractivity contribution in [2.45, 2.75) is 27.2 Å². The van der Waals surface area contributed by atoms with E-state index >= 15 is 0 Å². The third kappa shape index (κ3) is 2.81. The van der Waals surface area contributed by atoms with E-state index in [9.17, 15) is 0 Å². The summed E-state index contributed by atoms with van der Waals surface area (Å²) in [4.78, 5) is 11.1. The standard InChI is InChI=1S/C11H20N4/c1-5-9-8-10(12-4)14-11(13-9)15(6-2)7-3/h8H,5-7H2,1-4H3,(H,12,13,14). The fraction of sp³-hybridized carbons (Fsp3) is 0.636. The predicted octanol–water partition coefficient (Wildman–Crippen LogP) is 1.93. The summed E-state index contributed by atoms with van der Waals surface area (Å²) in [6.07, 6.45) is 0.936. The predicted molar refractivity (Wildman–Crippen MR) is 64.5 cm³/mol. The van der Waals surface area contributed by atoms with Gasteiger partial charge in [0.1, 0.15) is 5.82 Å². The summed E-state index contributed by atoms with van der Waals surface area (Å²) in [6.45, 7) is 8.21. The van der Waals surface area contributed by atoms with Gasteiger partial charge in [-0.2, -0.15) is 4.98 Å². The van der Waals surface area contributed by atoms with Crippen LogP contribution in [0.25, 0.3) is 0 Å². The molecule has 0 aliphatic carbocycles. The molecule has 0 aliphatic heterocycles. The van der Waals surface area contributed by atoms with Gasteiger partial charge < -0.3 is 10.2 Å². The molecule has 84 valence electrons. The zero-order valence-electron chi connectivity index (χ0n) is 10.0. The van der Waals surface area contributed by atoms with Gasteiger partial charge in [-0.05, 0) is 20.3 Å². The topological polar surface area (TPSA) is 41.1 Å². The lowest BCUT2D eigenvalue weighted by molar-refractivity contribution is 0.811. The van der Waals surface area contributed by atoms with Gasteiger partial charge in [0.25, 0.3) is 0 Å². The smallest absolute Gasteiger partial charge is 0.227 e. The van der Waals surface area contributed by atoms with Crippen LogP contribution in [0.15, 0.2) is 6.07 Å². The average molecular weight is 208 g/mol. The molecule has 4 heteroatoms. The molecule has 0 bridgehead atoms. The zero-order valence-corrected chi connectivity index (χ0v) is 10.0. The van der Waals surface area contributed by atoms with Crippen molar-refractivity contribution in [2.75, 3.05) is 30.4 Å². The molecule has 0 saturated heterocycles. The highest BCUT2D eigenvalue weighted by molar-refractivity contribution is 5.43. The van der Waals surface area contributed by atoms with Crippen molar-refractivity contribution in [3.8, 4) is 0 Å². The van der Waals surface area contributed by atoms with Crippen LogP contribution in [-0.4, -0.2) is 30.1 Å². The highest BCUT2D eigenvalue weighted by atomic mass is 15.3. The Morgan fingerprint density at radius 2 is 1.87 bits per heavy atom. The molecule has 4 nitrogen and oxygen atoms in total. The summed E-state index contributed by atoms with van der Waals surface area (Å²) in [5, 5.41) is 3.07. The van der Waals surface area contributed by atoms with Crippen LogP contribution in [0, 0.1) is 0 Å². The Balaban J connectivity index is 3.05. The second kappa shape index (κ2) is 5.53. The summed E-state index contributed by atoms with van der Waals surface area (Å²) < 4.78 is 0. The van der Waals surface area contributed by atoms with Crippen molar-refractivity contribution in [3.63, 3.8) is 0 Å². The van der Waals surface area contributed by atoms with Gasteiger partial charge in [-0.3, -0.25) is 0 Å². The van der Waals surface area contributed by atoms with Gasteiger partial charge in [0.15, 0.2) is 0 Å². The molecule has 1 heterocycles. The minimum Gasteiger partial charge on any atom is -0.373 e. The molecule has 1 rings (SSSR count). The maximum atomic E-state index is 4.52. The summed E-state index contributed by atoms with van der Waals surface area (Å²) in [5.74, 6) is 1.72. The summed E-state index contributed by atoms with van der Waals surface area (Å²) in [6, 6.07) is 1.99. The van der Waals surface area contributed by atoms with E-state index < -0.39 is 0 Å². The van der Waals surface area contributed by atoms with E-state index in [-0.39, 0.29) is 0 Å². The Labute approximate surface area is 91.7 Å². The molecule has 1 aromatic rings. The second-order valence-corrected chi connectivity index (χ2v) is 3.32. The molecule has 0 spiro atoms. The zero-order chi connectivity index (χ0) is 11.3. The number of nitrogens with zero attached hydrogens (tertiary/aromatic N) is 3. The normalized spacial score (nSPS) is 10.1. The van der Waals surface area contributed by atoms with Crippen LogP contribution < -0.4 is 10.2 Å². The fourth-order valence-corrected chi connectivity index (χ4v) is 1.44. The lowest BCUT2D eigenvalue weighted by Crippen LogP contribution is -2.24. The van der Waals surface area contributed by atoms with E-state index in [0.29, 0.717) is 0 Å². The molecule has 0 amide bonds. The van der Waals surface area contributed by atoms with Crippen LogP contribution in [0.2, 0.25) is 0 Å². The maximum absolute atomic E-state index is 4.52. The van der Waals surface area contributed by atoms with Gasteiger partial charge >= 0.3 is 0 Å². The Bertz CT molecular complexity index is 285. The Morgan fingerprint density at radius 1 is 1.20 bits per heavy atom. The molecular weight excluding hydrogens is 188 g/mol. The number of nitrogens with one attached hydrogen (secondary N) is 1. The largest absolute Gasteiger partial charge is 0.373 e. The summed E-state index contributed by atoms with van der Waals surface area (Å²) in [7, 11) is 1.88. The van der Waals surface area contributed by atoms with E-state index in [1.54, 1.807) is 0 Å². The molecule has 0 aromatic carbocycles. The van der Waals surface area contributed by atoms with Gasteiger partial charge in [-0.25, -0.2) is 4.98 Å². The monoisotopic (exact) mass is 208 g/mol. The number of hydrogen-bond donors (Lipinski definition) is 1. The van der Waals surface area contributed by atoms with Crippen molar-refractivity contribution in [2.24, 2.45) is 0 Å². The lowest BCUT2D eigenvalue weighted by atomic mass is 10.3. The van der Waals surface area contributed by atoms with E-state index in [4.69, 9.17) is 0 Å². The maximum Gasteiger partial charge on any atom is 0.227 e. The van der Waals surface area contributed by atoms with Crippen molar-refractivity contribution in [1.82, 2.24) is 9.97 Å². The van der Waals surface area contributed by atoms with Crippen LogP contribution >= 0.6 is 0 Å². The Hall–Kier alpha value is -1.32. The first-order valence-corrected chi connectivity index (χ1v) is 5.55. The van der Waals surface area contributed by atoms with E-state index in [1.165, 1.54) is 0 Å². The number of rotatable bonds is 5. The second-order valence-electron chi connectivity index (χ2n) is 3.32. The number of anilines is 2. The van der Waals surface area contributed by atoms with Crippen molar-refractivity contribution in [3.05, 3.63) is 11.8 Å². The SMILES string of the molecule is CCc1cc(NC)nc(N(CC)CC)n1. The van der Waals surface area contributed by atoms with Crippen LogP contribution in [-0.2, 0) is 6.42 Å². The number of aromatic nitrogens is 2. The molecule has 0 aliphatic rings. The molecule has 15 heavy (non-hydrogen) atoms. The van der Waals surface area contributed by atoms with Crippen LogP contribution in [0.3, 0.4) is 0 Å². The molecule has 0 unspecified atom stereocenters. The molecule has 0 fully saturated rings. The van der Waals surface area contributed by atoms with Crippen molar-refractivity contribution >= 4 is 11.8 Å². The average Bonchev–Trinajstić information content (AvgIpc) is 2.30. The van der Waals surface area contributed by atoms with Gasteiger partial charge in [0, 0.05) is 31.9 Å². The molecule has 1 aromatic heterocycles. The van der Waals surface area contributed by atoms with Crippen molar-refractivity contribution < 1.29 is 0 Å². The lowest BCUT2D eigenvalue weighted by Gasteiger charge is -2.19. The Morgan fingerprint density at radius 3 is 2.33 bits per heavy atom. The van der Waals surface area contributed by atoms with Gasteiger partial charge in [0.2, 0.25) is 5.95 Å². The minimum absolute atomic E-state index is 0.823. The summed E-state index contributed by atoms with van der Waals surface area (Å²) in [5.41, 5.74) is 1.08. The van der Waals surface area contributed by atoms with E-state index in [1.807, 2.05) is 13.1 Å². The molecule has 0 atom stereocenters. The summed E-state index contributed by atoms with van der Waals surface area (Å²) >= 11 is 0. The first-order chi connectivity index (χ1) is 7.24. The molecular formula is C11H20N4. The van der Waals surface area contributed by atoms with Gasteiger partial charge in [-0.1, -0.05) is 6.92 Å². The first kappa shape index (κ1) is 11.8. The molecule has 0 saturated carbocycles. The third-order valence-electron chi connectivity index (χ3n) is 2.43. The third-order valence-corrected chi connectivity index (χ3v) is 2.43. The number of aryl methyl sites for hydroxylation is 1. The van der Waals surface area contributed by atoms with Crippen LogP contribution in [0.5, 0.6) is 0 Å². The quantitative estimate of drug-likeness (QED) is 0.802. The minimum atomic E-state index is 0.823. The molecule has 1 N–H and O–H groups in total. The van der Waals surface area contributed by atoms with Crippen LogP contribution in [0.4, 0.5) is 11.8 Å². The number of hydrogen-bond acceptors (Lipinski definition) is 4. The van der Waals surface area contributed by atoms with Gasteiger partial charge in [0.05, 0.1) is 0 Å². The van der Waals surface area contributed by atoms with Crippen LogP contribution in [0.1, 0.15) is 26.5 Å². The Kier molecular flexibility index (Phi) is 4.34. The first-order valence-electron chi connectivity index (χ1n) is 5.55. The fourth-order valence-electron chi connectivity index (χ4n) is 1.44. The van der Waals surface area contributed by atoms with Gasteiger partial charge in [-0.15, -0.1) is 0 Å². The highest BCUT2D eigenvalue weighted by Gasteiger charge is 2.07. The van der Waals surface area contributed by atoms with E-state index in [2.05, 4.69) is 41.0 Å². The highest BCUT2D eigenvalue weighted by Crippen LogP contribution is 2.13. The van der Waals surface area contributed by atoms with Crippen molar-refractivity contribution in [1.29, 1.82) is 0 Å². The van der Waals surface area contributed by atoms with E-state index in [0.717, 1.165) is 37.0 Å².